The number of rotatable bonds is 18. The SMILES string of the molecule is CCCCCCCNC(=O)OP(=O)(OCCc1ccccc1)OC(=O)NCCCCCCC. The summed E-state index contributed by atoms with van der Waals surface area (Å²) in [4.78, 5) is 24.3. The molecule has 1 rings (SSSR count). The van der Waals surface area contributed by atoms with Crippen molar-refractivity contribution in [3.63, 3.8) is 0 Å². The van der Waals surface area contributed by atoms with Gasteiger partial charge >= 0.3 is 20.0 Å². The molecule has 0 unspecified atom stereocenters. The van der Waals surface area contributed by atoms with Gasteiger partial charge in [0.1, 0.15) is 0 Å². The van der Waals surface area contributed by atoms with E-state index in [0.29, 0.717) is 19.5 Å². The van der Waals surface area contributed by atoms with Crippen LogP contribution in [0.1, 0.15) is 83.6 Å². The Morgan fingerprint density at radius 2 is 1.24 bits per heavy atom. The zero-order valence-corrected chi connectivity index (χ0v) is 21.1. The molecule has 0 bridgehead atoms. The number of phosphoric acid groups is 1. The highest BCUT2D eigenvalue weighted by Gasteiger charge is 2.35. The Bertz CT molecular complexity index is 667. The van der Waals surface area contributed by atoms with Crippen molar-refractivity contribution in [2.24, 2.45) is 0 Å². The van der Waals surface area contributed by atoms with Gasteiger partial charge in [-0.25, -0.2) is 14.2 Å². The minimum absolute atomic E-state index is 0.0319. The van der Waals surface area contributed by atoms with Crippen LogP contribution in [0, 0.1) is 0 Å². The van der Waals surface area contributed by atoms with E-state index in [2.05, 4.69) is 24.5 Å². The van der Waals surface area contributed by atoms with Crippen LogP contribution in [0.4, 0.5) is 9.59 Å². The Labute approximate surface area is 198 Å². The smallest absolute Gasteiger partial charge is 0.344 e. The molecule has 0 aliphatic rings. The van der Waals surface area contributed by atoms with Crippen LogP contribution < -0.4 is 10.6 Å². The summed E-state index contributed by atoms with van der Waals surface area (Å²) in [6.45, 7) is 5.00. The van der Waals surface area contributed by atoms with E-state index in [4.69, 9.17) is 13.6 Å². The van der Waals surface area contributed by atoms with Crippen molar-refractivity contribution in [1.82, 2.24) is 10.6 Å². The van der Waals surface area contributed by atoms with Crippen LogP contribution in [-0.2, 0) is 24.6 Å². The molecule has 2 amide bonds. The average molecular weight is 485 g/mol. The summed E-state index contributed by atoms with van der Waals surface area (Å²) >= 11 is 0. The molecule has 0 aliphatic heterocycles. The second kappa shape index (κ2) is 18.4. The summed E-state index contributed by atoms with van der Waals surface area (Å²) in [6.07, 6.45) is 8.86. The lowest BCUT2D eigenvalue weighted by Gasteiger charge is -2.17. The fourth-order valence-corrected chi connectivity index (χ4v) is 4.09. The fraction of sp³-hybridized carbons (Fsp3) is 0.667. The third-order valence-corrected chi connectivity index (χ3v) is 6.25. The number of carbonyl (C=O) groups excluding carboxylic acids is 2. The summed E-state index contributed by atoms with van der Waals surface area (Å²) in [6, 6.07) is 9.44. The lowest BCUT2D eigenvalue weighted by Crippen LogP contribution is -2.28. The first-order valence-corrected chi connectivity index (χ1v) is 13.7. The molecule has 9 heteroatoms. The lowest BCUT2D eigenvalue weighted by molar-refractivity contribution is 0.133. The first kappa shape index (κ1) is 29.0. The zero-order chi connectivity index (χ0) is 24.2. The van der Waals surface area contributed by atoms with Gasteiger partial charge in [-0.15, -0.1) is 0 Å². The quantitative estimate of drug-likeness (QED) is 0.176. The molecule has 8 nitrogen and oxygen atoms in total. The second-order valence-electron chi connectivity index (χ2n) is 7.96. The fourth-order valence-electron chi connectivity index (χ4n) is 3.10. The molecule has 1 aromatic carbocycles. The van der Waals surface area contributed by atoms with Crippen molar-refractivity contribution in [3.05, 3.63) is 35.9 Å². The largest absolute Gasteiger partial charge is 0.594 e. The number of phosphoric ester groups is 1. The van der Waals surface area contributed by atoms with Crippen molar-refractivity contribution in [1.29, 1.82) is 0 Å². The van der Waals surface area contributed by atoms with Gasteiger partial charge in [-0.05, 0) is 24.8 Å². The molecule has 0 atom stereocenters. The molecular weight excluding hydrogens is 443 g/mol. The maximum Gasteiger partial charge on any atom is 0.594 e. The maximum atomic E-state index is 13.0. The van der Waals surface area contributed by atoms with Gasteiger partial charge in [0.15, 0.2) is 0 Å². The standard InChI is InChI=1S/C24H41N2O6P/c1-3-5-7-9-14-19-25-23(27)31-33(29,30-21-18-22-16-12-11-13-17-22)32-24(28)26-20-15-10-8-6-4-2/h11-13,16-17H,3-10,14-15,18-21H2,1-2H3,(H,25,27)(H,26,28). The predicted molar refractivity (Wildman–Crippen MR) is 130 cm³/mol. The molecule has 0 aliphatic carbocycles. The Balaban J connectivity index is 2.51. The van der Waals surface area contributed by atoms with Crippen LogP contribution in [0.25, 0.3) is 0 Å². The first-order chi connectivity index (χ1) is 16.0. The Hall–Kier alpha value is -2.05. The van der Waals surface area contributed by atoms with Crippen LogP contribution in [0.15, 0.2) is 30.3 Å². The van der Waals surface area contributed by atoms with Crippen LogP contribution in [0.3, 0.4) is 0 Å². The van der Waals surface area contributed by atoms with Crippen LogP contribution in [0.2, 0.25) is 0 Å². The van der Waals surface area contributed by atoms with Crippen molar-refractivity contribution < 1.29 is 27.7 Å². The Morgan fingerprint density at radius 1 is 0.758 bits per heavy atom. The summed E-state index contributed by atoms with van der Waals surface area (Å²) in [5.41, 5.74) is 0.956. The molecule has 0 spiro atoms. The van der Waals surface area contributed by atoms with Crippen molar-refractivity contribution in [3.8, 4) is 0 Å². The third kappa shape index (κ3) is 15.4. The number of amides is 2. The molecular formula is C24H41N2O6P. The van der Waals surface area contributed by atoms with E-state index < -0.39 is 20.0 Å². The molecule has 33 heavy (non-hydrogen) atoms. The third-order valence-electron chi connectivity index (χ3n) is 4.97. The highest BCUT2D eigenvalue weighted by atomic mass is 31.2. The van der Waals surface area contributed by atoms with Gasteiger partial charge < -0.3 is 19.7 Å². The maximum absolute atomic E-state index is 13.0. The molecule has 0 radical (unpaired) electrons. The van der Waals surface area contributed by atoms with Crippen LogP contribution in [-0.4, -0.2) is 31.9 Å². The van der Waals surface area contributed by atoms with E-state index in [-0.39, 0.29) is 6.61 Å². The van der Waals surface area contributed by atoms with Gasteiger partial charge in [-0.1, -0.05) is 95.5 Å². The summed E-state index contributed by atoms with van der Waals surface area (Å²) in [5.74, 6) is 0. The summed E-state index contributed by atoms with van der Waals surface area (Å²) < 4.78 is 28.1. The number of carbonyl (C=O) groups is 2. The highest BCUT2D eigenvalue weighted by molar-refractivity contribution is 7.49. The highest BCUT2D eigenvalue weighted by Crippen LogP contribution is 2.49. The minimum Gasteiger partial charge on any atom is -0.344 e. The van der Waals surface area contributed by atoms with E-state index in [0.717, 1.165) is 69.8 Å². The van der Waals surface area contributed by atoms with E-state index in [9.17, 15) is 14.2 Å². The van der Waals surface area contributed by atoms with Crippen LogP contribution >= 0.6 is 7.82 Å². The first-order valence-electron chi connectivity index (χ1n) is 12.2. The molecule has 0 saturated heterocycles. The van der Waals surface area contributed by atoms with Gasteiger partial charge in [0, 0.05) is 13.1 Å². The molecule has 0 aromatic heterocycles. The molecule has 188 valence electrons. The molecule has 0 saturated carbocycles. The molecule has 1 aromatic rings. The lowest BCUT2D eigenvalue weighted by atomic mass is 10.1. The van der Waals surface area contributed by atoms with Gasteiger partial charge in [0.25, 0.3) is 0 Å². The van der Waals surface area contributed by atoms with E-state index in [1.807, 2.05) is 30.3 Å². The van der Waals surface area contributed by atoms with E-state index in [1.54, 1.807) is 0 Å². The number of hydrogen-bond donors (Lipinski definition) is 2. The minimum atomic E-state index is -4.43. The molecule has 2 N–H and O–H groups in total. The monoisotopic (exact) mass is 484 g/mol. The number of unbranched alkanes of at least 4 members (excludes halogenated alkanes) is 8. The number of benzene rings is 1. The van der Waals surface area contributed by atoms with Gasteiger partial charge in [-0.3, -0.25) is 4.52 Å². The van der Waals surface area contributed by atoms with Gasteiger partial charge in [0.05, 0.1) is 6.61 Å². The van der Waals surface area contributed by atoms with E-state index in [1.165, 1.54) is 0 Å². The zero-order valence-electron chi connectivity index (χ0n) is 20.2. The topological polar surface area (TPSA) is 103 Å². The molecule has 0 fully saturated rings. The average Bonchev–Trinajstić information content (AvgIpc) is 2.79. The van der Waals surface area contributed by atoms with Gasteiger partial charge in [0.2, 0.25) is 0 Å². The Morgan fingerprint density at radius 3 is 1.73 bits per heavy atom. The number of nitrogens with one attached hydrogen (secondary N) is 2. The summed E-state index contributed by atoms with van der Waals surface area (Å²) in [7, 11) is -4.43. The normalized spacial score (nSPS) is 11.1. The van der Waals surface area contributed by atoms with Crippen molar-refractivity contribution in [2.45, 2.75) is 84.5 Å². The predicted octanol–water partition coefficient (Wildman–Crippen LogP) is 6.75. The van der Waals surface area contributed by atoms with Gasteiger partial charge in [-0.2, -0.15) is 0 Å². The summed E-state index contributed by atoms with van der Waals surface area (Å²) in [5, 5.41) is 5.09. The molecule has 0 heterocycles. The Kier molecular flexibility index (Phi) is 16.1. The van der Waals surface area contributed by atoms with Crippen LogP contribution in [0.5, 0.6) is 0 Å². The van der Waals surface area contributed by atoms with Crippen molar-refractivity contribution in [2.75, 3.05) is 19.7 Å². The number of hydrogen-bond acceptors (Lipinski definition) is 6. The van der Waals surface area contributed by atoms with E-state index >= 15 is 0 Å². The van der Waals surface area contributed by atoms with Crippen molar-refractivity contribution >= 4 is 20.0 Å². The second-order valence-corrected chi connectivity index (χ2v) is 9.47.